The highest BCUT2D eigenvalue weighted by atomic mass is 32.3. The second kappa shape index (κ2) is 10.5. The van der Waals surface area contributed by atoms with Gasteiger partial charge in [0.15, 0.2) is 4.24 Å². The van der Waals surface area contributed by atoms with E-state index in [2.05, 4.69) is 29.1 Å². The van der Waals surface area contributed by atoms with Gasteiger partial charge in [0.05, 0.1) is 0 Å². The van der Waals surface area contributed by atoms with Crippen LogP contribution in [-0.2, 0) is 24.8 Å². The molecule has 0 aromatic carbocycles. The van der Waals surface area contributed by atoms with Crippen LogP contribution in [0.15, 0.2) is 22.6 Å². The Balaban J connectivity index is 0.000000251. The molecule has 0 aliphatic carbocycles. The summed E-state index contributed by atoms with van der Waals surface area (Å²) in [6, 6.07) is 0.766. The van der Waals surface area contributed by atoms with Crippen LogP contribution in [0.5, 0.6) is 0 Å². The fraction of sp³-hybridized carbons (Fsp3) is 0.714. The molecule has 0 spiro atoms. The minimum absolute atomic E-state index is 0.766. The lowest BCUT2D eigenvalue weighted by atomic mass is 10.1. The van der Waals surface area contributed by atoms with E-state index in [1.807, 2.05) is 4.72 Å². The van der Waals surface area contributed by atoms with E-state index in [1.54, 1.807) is 7.11 Å². The van der Waals surface area contributed by atoms with Crippen molar-refractivity contribution in [2.45, 2.75) is 37.5 Å². The van der Waals surface area contributed by atoms with Gasteiger partial charge in [-0.2, -0.15) is 11.8 Å². The molecule has 0 aromatic rings. The minimum atomic E-state index is -4.17. The zero-order valence-electron chi connectivity index (χ0n) is 14.5. The van der Waals surface area contributed by atoms with Crippen molar-refractivity contribution in [1.29, 1.82) is 0 Å². The molecule has 8 nitrogen and oxygen atoms in total. The Morgan fingerprint density at radius 3 is 2.72 bits per heavy atom. The second-order valence-electron chi connectivity index (χ2n) is 5.59. The van der Waals surface area contributed by atoms with E-state index >= 15 is 0 Å². The summed E-state index contributed by atoms with van der Waals surface area (Å²) in [6.45, 7) is 4.21. The lowest BCUT2D eigenvalue weighted by Crippen LogP contribution is -2.29. The number of nitrogens with two attached hydrogens (primary N) is 1. The maximum absolute atomic E-state index is 10.9. The van der Waals surface area contributed by atoms with Crippen LogP contribution < -0.4 is 15.2 Å². The normalized spacial score (nSPS) is 24.8. The van der Waals surface area contributed by atoms with Crippen LogP contribution in [0.25, 0.3) is 0 Å². The molecule has 0 saturated carbocycles. The molecule has 1 unspecified atom stereocenters. The standard InChI is InChI=1S/C10H21NOS.C4H6N2O4S2/c1-3-11-9-7-10(13-8-9)5-4-6-12-2;5-11(7,8)4-2-1-3-6-12(4,9)10/h9-11H,3-8H2,1-2H3;1-3,6H,(H2,5,7,8)/t9?,10-;/m1./s1. The molecule has 146 valence electrons. The van der Waals surface area contributed by atoms with E-state index in [-0.39, 0.29) is 0 Å². The first-order valence-electron chi connectivity index (χ1n) is 7.96. The summed E-state index contributed by atoms with van der Waals surface area (Å²) in [4.78, 5) is 0. The Bertz CT molecular complexity index is 674. The Morgan fingerprint density at radius 2 is 2.20 bits per heavy atom. The summed E-state index contributed by atoms with van der Waals surface area (Å²) in [6.07, 6.45) is 7.14. The van der Waals surface area contributed by atoms with Crippen LogP contribution in [0, 0.1) is 0 Å². The fourth-order valence-corrected chi connectivity index (χ4v) is 6.17. The Kier molecular flexibility index (Phi) is 9.46. The summed E-state index contributed by atoms with van der Waals surface area (Å²) in [5.74, 6) is 1.30. The molecule has 2 heterocycles. The van der Waals surface area contributed by atoms with Gasteiger partial charge in [0.1, 0.15) is 0 Å². The highest BCUT2D eigenvalue weighted by Crippen LogP contribution is 2.29. The summed E-state index contributed by atoms with van der Waals surface area (Å²) >= 11 is 2.12. The predicted octanol–water partition coefficient (Wildman–Crippen LogP) is 0.460. The van der Waals surface area contributed by atoms with Crippen molar-refractivity contribution in [3.63, 3.8) is 0 Å². The maximum atomic E-state index is 10.9. The first-order valence-corrected chi connectivity index (χ1v) is 12.0. The third kappa shape index (κ3) is 8.09. The van der Waals surface area contributed by atoms with Crippen LogP contribution in [0.2, 0.25) is 0 Å². The van der Waals surface area contributed by atoms with Crippen LogP contribution in [0.4, 0.5) is 0 Å². The number of primary sulfonamides is 1. The first-order chi connectivity index (χ1) is 11.7. The van der Waals surface area contributed by atoms with E-state index < -0.39 is 24.3 Å². The Morgan fingerprint density at radius 1 is 1.48 bits per heavy atom. The van der Waals surface area contributed by atoms with Gasteiger partial charge in [-0.3, -0.25) is 4.72 Å². The molecular weight excluding hydrogens is 386 g/mol. The van der Waals surface area contributed by atoms with E-state index in [0.717, 1.165) is 36.7 Å². The van der Waals surface area contributed by atoms with Gasteiger partial charge in [-0.1, -0.05) is 6.92 Å². The Hall–Kier alpha value is -0.590. The van der Waals surface area contributed by atoms with E-state index in [0.29, 0.717) is 0 Å². The van der Waals surface area contributed by atoms with Gasteiger partial charge < -0.3 is 10.1 Å². The topological polar surface area (TPSA) is 128 Å². The van der Waals surface area contributed by atoms with Gasteiger partial charge in [0, 0.05) is 37.0 Å². The monoisotopic (exact) mass is 413 g/mol. The molecule has 2 aliphatic heterocycles. The first kappa shape index (κ1) is 22.5. The molecule has 0 bridgehead atoms. The van der Waals surface area contributed by atoms with Crippen molar-refractivity contribution >= 4 is 31.8 Å². The molecule has 0 aromatic heterocycles. The quantitative estimate of drug-likeness (QED) is 0.517. The largest absolute Gasteiger partial charge is 0.385 e. The number of hydrogen-bond acceptors (Lipinski definition) is 7. The van der Waals surface area contributed by atoms with Crippen molar-refractivity contribution in [1.82, 2.24) is 10.0 Å². The molecule has 2 aliphatic rings. The van der Waals surface area contributed by atoms with Crippen molar-refractivity contribution in [3.05, 3.63) is 22.6 Å². The molecular formula is C14H27N3O5S3. The van der Waals surface area contributed by atoms with Crippen LogP contribution in [0.3, 0.4) is 0 Å². The summed E-state index contributed by atoms with van der Waals surface area (Å²) < 4.78 is 49.3. The van der Waals surface area contributed by atoms with Crippen molar-refractivity contribution < 1.29 is 21.6 Å². The highest BCUT2D eigenvalue weighted by Gasteiger charge is 2.27. The van der Waals surface area contributed by atoms with Crippen LogP contribution >= 0.6 is 11.8 Å². The van der Waals surface area contributed by atoms with Crippen molar-refractivity contribution in [2.75, 3.05) is 26.0 Å². The molecule has 11 heteroatoms. The molecule has 4 N–H and O–H groups in total. The lowest BCUT2D eigenvalue weighted by molar-refractivity contribution is 0.192. The SMILES string of the molecule is CCNC1CS[C@H](CCCOC)C1.NS(=O)(=O)C1=CC=CNS1(=O)=O. The number of hydrogen-bond donors (Lipinski definition) is 3. The number of nitrogens with one attached hydrogen (secondary N) is 2. The molecule has 2 atom stereocenters. The smallest absolute Gasteiger partial charge is 0.273 e. The summed E-state index contributed by atoms with van der Waals surface area (Å²) in [5.41, 5.74) is 0. The zero-order valence-corrected chi connectivity index (χ0v) is 16.9. The number of rotatable bonds is 7. The van der Waals surface area contributed by atoms with Gasteiger partial charge in [-0.05, 0) is 38.0 Å². The zero-order chi connectivity index (χ0) is 18.9. The number of allylic oxidation sites excluding steroid dienone is 2. The van der Waals surface area contributed by atoms with Gasteiger partial charge in [0.25, 0.3) is 20.0 Å². The minimum Gasteiger partial charge on any atom is -0.385 e. The summed E-state index contributed by atoms with van der Waals surface area (Å²) in [7, 11) is -6.36. The Labute approximate surface area is 154 Å². The highest BCUT2D eigenvalue weighted by molar-refractivity contribution is 8.12. The lowest BCUT2D eigenvalue weighted by Gasteiger charge is -2.10. The second-order valence-corrected chi connectivity index (χ2v) is 10.4. The van der Waals surface area contributed by atoms with Crippen LogP contribution in [-0.4, -0.2) is 54.1 Å². The molecule has 0 radical (unpaired) electrons. The number of sulfonamides is 2. The van der Waals surface area contributed by atoms with Crippen LogP contribution in [0.1, 0.15) is 26.2 Å². The average molecular weight is 414 g/mol. The van der Waals surface area contributed by atoms with Gasteiger partial charge >= 0.3 is 0 Å². The number of ether oxygens (including phenoxy) is 1. The van der Waals surface area contributed by atoms with E-state index in [1.165, 1.54) is 31.1 Å². The average Bonchev–Trinajstić information content (AvgIpc) is 2.94. The predicted molar refractivity (Wildman–Crippen MR) is 102 cm³/mol. The number of methoxy groups -OCH3 is 1. The van der Waals surface area contributed by atoms with Gasteiger partial charge in [-0.15, -0.1) is 0 Å². The molecule has 1 fully saturated rings. The van der Waals surface area contributed by atoms with Crippen molar-refractivity contribution in [2.24, 2.45) is 5.14 Å². The van der Waals surface area contributed by atoms with Crippen molar-refractivity contribution in [3.8, 4) is 0 Å². The molecule has 25 heavy (non-hydrogen) atoms. The van der Waals surface area contributed by atoms with Gasteiger partial charge in [-0.25, -0.2) is 22.0 Å². The maximum Gasteiger partial charge on any atom is 0.273 e. The fourth-order valence-electron chi connectivity index (χ4n) is 2.44. The van der Waals surface area contributed by atoms with Gasteiger partial charge in [0.2, 0.25) is 0 Å². The number of thioether (sulfide) groups is 1. The molecule has 0 amide bonds. The van der Waals surface area contributed by atoms with E-state index in [9.17, 15) is 16.8 Å². The van der Waals surface area contributed by atoms with E-state index in [4.69, 9.17) is 4.74 Å². The summed E-state index contributed by atoms with van der Waals surface area (Å²) in [5, 5.41) is 9.02. The third-order valence-corrected chi connectivity index (χ3v) is 8.20. The molecule has 2 rings (SSSR count). The molecule has 1 saturated heterocycles. The third-order valence-electron chi connectivity index (χ3n) is 3.54.